The second kappa shape index (κ2) is 11.4. The summed E-state index contributed by atoms with van der Waals surface area (Å²) in [6, 6.07) is 21.8. The average molecular weight is 510 g/mol. The number of carbonyl (C=O) groups excluding carboxylic acids is 1. The highest BCUT2D eigenvalue weighted by Crippen LogP contribution is 2.30. The maximum absolute atomic E-state index is 13.3. The van der Waals surface area contributed by atoms with Crippen molar-refractivity contribution in [3.05, 3.63) is 83.4 Å². The molecule has 0 spiro atoms. The molecule has 0 bridgehead atoms. The van der Waals surface area contributed by atoms with Crippen LogP contribution in [-0.2, 0) is 0 Å². The van der Waals surface area contributed by atoms with Crippen molar-refractivity contribution in [3.8, 4) is 11.1 Å². The third-order valence-electron chi connectivity index (χ3n) is 6.96. The van der Waals surface area contributed by atoms with Gasteiger partial charge >= 0.3 is 6.18 Å². The highest BCUT2D eigenvalue weighted by Gasteiger charge is 2.28. The molecule has 1 saturated heterocycles. The van der Waals surface area contributed by atoms with Crippen LogP contribution in [0.1, 0.15) is 47.7 Å². The fourth-order valence-electron chi connectivity index (χ4n) is 4.74. The van der Waals surface area contributed by atoms with E-state index in [0.717, 1.165) is 22.4 Å². The zero-order chi connectivity index (χ0) is 26.6. The normalized spacial score (nSPS) is 14.7. The number of nitrogens with zero attached hydrogens (tertiary/aromatic N) is 2. The number of amides is 1. The Kier molecular flexibility index (Phi) is 8.22. The second-order valence-corrected chi connectivity index (χ2v) is 9.97. The van der Waals surface area contributed by atoms with Crippen molar-refractivity contribution in [1.82, 2.24) is 4.90 Å². The fraction of sp³-hybridized carbons (Fsp3) is 0.367. The van der Waals surface area contributed by atoms with Gasteiger partial charge < -0.3 is 10.2 Å². The summed E-state index contributed by atoms with van der Waals surface area (Å²) in [5, 5.41) is 3.02. The Labute approximate surface area is 217 Å². The summed E-state index contributed by atoms with van der Waals surface area (Å²) >= 11 is 0. The summed E-state index contributed by atoms with van der Waals surface area (Å²) in [4.78, 5) is 17.3. The number of benzene rings is 3. The molecule has 0 aliphatic carbocycles. The molecule has 3 aromatic rings. The number of carbonyl (C=O) groups is 1. The quantitative estimate of drug-likeness (QED) is 0.369. The number of aryl methyl sites for hydroxylation is 1. The van der Waals surface area contributed by atoms with Crippen LogP contribution in [-0.4, -0.2) is 49.7 Å². The van der Waals surface area contributed by atoms with E-state index in [1.807, 2.05) is 54.3 Å². The monoisotopic (exact) mass is 509 g/mol. The van der Waals surface area contributed by atoms with Gasteiger partial charge in [-0.3, -0.25) is 9.69 Å². The molecule has 0 radical (unpaired) electrons. The summed E-state index contributed by atoms with van der Waals surface area (Å²) in [6.07, 6.45) is -4.89. The van der Waals surface area contributed by atoms with Crippen LogP contribution >= 0.6 is 0 Å². The molecule has 1 heterocycles. The smallest absolute Gasteiger partial charge is 0.369 e. The lowest BCUT2D eigenvalue weighted by Gasteiger charge is -2.36. The molecule has 0 aromatic heterocycles. The molecule has 1 aliphatic rings. The van der Waals surface area contributed by atoms with Gasteiger partial charge in [0.15, 0.2) is 0 Å². The molecule has 4 nitrogen and oxygen atoms in total. The van der Waals surface area contributed by atoms with Crippen molar-refractivity contribution in [3.63, 3.8) is 0 Å². The molecule has 4 rings (SSSR count). The van der Waals surface area contributed by atoms with Gasteiger partial charge in [0.05, 0.1) is 6.42 Å². The van der Waals surface area contributed by atoms with Gasteiger partial charge in [-0.15, -0.1) is 0 Å². The first-order valence-electron chi connectivity index (χ1n) is 12.8. The highest BCUT2D eigenvalue weighted by atomic mass is 19.4. The van der Waals surface area contributed by atoms with Crippen LogP contribution in [0.2, 0.25) is 0 Å². The number of rotatable bonds is 7. The lowest BCUT2D eigenvalue weighted by atomic mass is 9.92. The van der Waals surface area contributed by atoms with Gasteiger partial charge in [0.25, 0.3) is 5.91 Å². The Morgan fingerprint density at radius 1 is 0.919 bits per heavy atom. The molecule has 7 heteroatoms. The molecular formula is C30H34F3N3O. The first-order chi connectivity index (χ1) is 17.6. The number of hydrogen-bond acceptors (Lipinski definition) is 3. The Balaban J connectivity index is 1.41. The molecule has 3 aromatic carbocycles. The SMILES string of the molecule is Cc1cccc(C(=O)Nc2ccc(N3CCN(CCC(F)(F)F)CC3)cc2)c1-c1ccc(C(C)C)cc1. The molecule has 1 aliphatic heterocycles. The first-order valence-corrected chi connectivity index (χ1v) is 12.8. The number of alkyl halides is 3. The summed E-state index contributed by atoms with van der Waals surface area (Å²) in [6.45, 7) is 8.92. The Morgan fingerprint density at radius 3 is 2.16 bits per heavy atom. The molecule has 0 unspecified atom stereocenters. The van der Waals surface area contributed by atoms with E-state index in [9.17, 15) is 18.0 Å². The Bertz CT molecular complexity index is 1200. The maximum atomic E-state index is 13.3. The molecule has 1 N–H and O–H groups in total. The van der Waals surface area contributed by atoms with Crippen molar-refractivity contribution >= 4 is 17.3 Å². The van der Waals surface area contributed by atoms with Crippen LogP contribution in [0.3, 0.4) is 0 Å². The van der Waals surface area contributed by atoms with Gasteiger partial charge in [0.2, 0.25) is 0 Å². The van der Waals surface area contributed by atoms with E-state index in [-0.39, 0.29) is 12.5 Å². The zero-order valence-electron chi connectivity index (χ0n) is 21.6. The van der Waals surface area contributed by atoms with E-state index in [1.165, 1.54) is 5.56 Å². The number of anilines is 2. The number of nitrogens with one attached hydrogen (secondary N) is 1. The summed E-state index contributed by atoms with van der Waals surface area (Å²) in [7, 11) is 0. The van der Waals surface area contributed by atoms with Gasteiger partial charge in [0.1, 0.15) is 0 Å². The highest BCUT2D eigenvalue weighted by molar-refractivity contribution is 6.09. The zero-order valence-corrected chi connectivity index (χ0v) is 21.6. The van der Waals surface area contributed by atoms with Crippen molar-refractivity contribution < 1.29 is 18.0 Å². The second-order valence-electron chi connectivity index (χ2n) is 9.97. The maximum Gasteiger partial charge on any atom is 0.390 e. The van der Waals surface area contributed by atoms with E-state index >= 15 is 0 Å². The van der Waals surface area contributed by atoms with Crippen LogP contribution in [0, 0.1) is 6.92 Å². The molecule has 0 saturated carbocycles. The first kappa shape index (κ1) is 26.7. The van der Waals surface area contributed by atoms with Crippen LogP contribution < -0.4 is 10.2 Å². The number of hydrogen-bond donors (Lipinski definition) is 1. The number of piperazine rings is 1. The minimum Gasteiger partial charge on any atom is -0.369 e. The van der Waals surface area contributed by atoms with Crippen LogP contribution in [0.15, 0.2) is 66.7 Å². The molecular weight excluding hydrogens is 475 g/mol. The predicted molar refractivity (Wildman–Crippen MR) is 144 cm³/mol. The van der Waals surface area contributed by atoms with Crippen molar-refractivity contribution in [2.24, 2.45) is 0 Å². The summed E-state index contributed by atoms with van der Waals surface area (Å²) < 4.78 is 37.5. The lowest BCUT2D eigenvalue weighted by molar-refractivity contribution is -0.138. The predicted octanol–water partition coefficient (Wildman–Crippen LogP) is 7.11. The molecule has 37 heavy (non-hydrogen) atoms. The van der Waals surface area contributed by atoms with Crippen LogP contribution in [0.5, 0.6) is 0 Å². The number of halogens is 3. The molecule has 1 fully saturated rings. The van der Waals surface area contributed by atoms with E-state index in [0.29, 0.717) is 43.3 Å². The van der Waals surface area contributed by atoms with E-state index in [4.69, 9.17) is 0 Å². The van der Waals surface area contributed by atoms with E-state index < -0.39 is 12.6 Å². The third kappa shape index (κ3) is 6.92. The molecule has 1 amide bonds. The van der Waals surface area contributed by atoms with Crippen molar-refractivity contribution in [1.29, 1.82) is 0 Å². The van der Waals surface area contributed by atoms with Crippen LogP contribution in [0.25, 0.3) is 11.1 Å². The molecule has 0 atom stereocenters. The minimum atomic E-state index is -4.12. The van der Waals surface area contributed by atoms with Crippen molar-refractivity contribution in [2.75, 3.05) is 42.9 Å². The lowest BCUT2D eigenvalue weighted by Crippen LogP contribution is -2.47. The molecule has 196 valence electrons. The summed E-state index contributed by atoms with van der Waals surface area (Å²) in [5.41, 5.74) is 6.54. The van der Waals surface area contributed by atoms with Gasteiger partial charge in [0, 0.05) is 49.7 Å². The van der Waals surface area contributed by atoms with Crippen LogP contribution in [0.4, 0.5) is 24.5 Å². The minimum absolute atomic E-state index is 0.0468. The fourth-order valence-corrected chi connectivity index (χ4v) is 4.74. The average Bonchev–Trinajstić information content (AvgIpc) is 2.88. The van der Waals surface area contributed by atoms with Gasteiger partial charge in [-0.25, -0.2) is 0 Å². The Morgan fingerprint density at radius 2 is 1.57 bits per heavy atom. The van der Waals surface area contributed by atoms with Crippen molar-refractivity contribution in [2.45, 2.75) is 39.3 Å². The Hall–Kier alpha value is -3.32. The van der Waals surface area contributed by atoms with E-state index in [1.54, 1.807) is 0 Å². The topological polar surface area (TPSA) is 35.6 Å². The standard InChI is InChI=1S/C30H34F3N3O/c1-21(2)23-7-9-24(10-8-23)28-22(3)5-4-6-27(28)29(37)34-25-11-13-26(14-12-25)36-19-17-35(18-20-36)16-15-30(31,32)33/h4-14,21H,15-20H2,1-3H3,(H,34,37). The third-order valence-corrected chi connectivity index (χ3v) is 6.96. The van der Waals surface area contributed by atoms with E-state index in [2.05, 4.69) is 48.3 Å². The van der Waals surface area contributed by atoms with Gasteiger partial charge in [-0.05, 0) is 65.4 Å². The van der Waals surface area contributed by atoms with Gasteiger partial charge in [-0.1, -0.05) is 50.2 Å². The summed E-state index contributed by atoms with van der Waals surface area (Å²) in [5.74, 6) is 0.271. The largest absolute Gasteiger partial charge is 0.390 e. The van der Waals surface area contributed by atoms with Gasteiger partial charge in [-0.2, -0.15) is 13.2 Å².